The van der Waals surface area contributed by atoms with Gasteiger partial charge < -0.3 is 15.6 Å². The summed E-state index contributed by atoms with van der Waals surface area (Å²) in [4.78, 5) is 18.9. The van der Waals surface area contributed by atoms with E-state index < -0.39 is 23.5 Å². The molecular formula is C14H10F3N5O3. The fraction of sp³-hybridized carbons (Fsp3) is 0.143. The number of fused-ring (bicyclic) bond motifs is 1. The summed E-state index contributed by atoms with van der Waals surface area (Å²) >= 11 is 0. The average Bonchev–Trinajstić information content (AvgIpc) is 2.79. The summed E-state index contributed by atoms with van der Waals surface area (Å²) in [5.74, 6) is -2.18. The van der Waals surface area contributed by atoms with Crippen molar-refractivity contribution in [2.45, 2.75) is 6.18 Å². The third-order valence-electron chi connectivity index (χ3n) is 3.48. The molecule has 11 heteroatoms. The maximum absolute atomic E-state index is 12.8. The quantitative estimate of drug-likeness (QED) is 0.551. The van der Waals surface area contributed by atoms with E-state index in [-0.39, 0.29) is 27.4 Å². The number of hydrogen-bond donors (Lipinski definition) is 2. The highest BCUT2D eigenvalue weighted by Gasteiger charge is 2.31. The van der Waals surface area contributed by atoms with E-state index in [2.05, 4.69) is 15.3 Å². The number of alkyl halides is 3. The van der Waals surface area contributed by atoms with Crippen molar-refractivity contribution in [3.8, 4) is 0 Å². The van der Waals surface area contributed by atoms with Crippen molar-refractivity contribution in [3.63, 3.8) is 0 Å². The summed E-state index contributed by atoms with van der Waals surface area (Å²) in [6.07, 6.45) is -3.45. The summed E-state index contributed by atoms with van der Waals surface area (Å²) in [5, 5.41) is 24.0. The van der Waals surface area contributed by atoms with Gasteiger partial charge in [0.2, 0.25) is 5.52 Å². The van der Waals surface area contributed by atoms with Gasteiger partial charge >= 0.3 is 18.0 Å². The van der Waals surface area contributed by atoms with E-state index in [9.17, 15) is 23.2 Å². The molecule has 0 saturated carbocycles. The van der Waals surface area contributed by atoms with Crippen molar-refractivity contribution in [1.82, 2.24) is 14.5 Å². The van der Waals surface area contributed by atoms with Crippen LogP contribution in [-0.4, -0.2) is 25.6 Å². The lowest BCUT2D eigenvalue weighted by Gasteiger charge is -2.10. The second-order valence-corrected chi connectivity index (χ2v) is 5.08. The Hall–Kier alpha value is -3.37. The SMILES string of the molecule is Cn1c(C(=O)O)[n+]([O-])c2c(Nc3cccc(C(F)(F)F)c3)ncnc21. The lowest BCUT2D eigenvalue weighted by Crippen LogP contribution is -2.34. The van der Waals surface area contributed by atoms with E-state index in [1.165, 1.54) is 19.2 Å². The molecule has 0 spiro atoms. The number of halogens is 3. The Morgan fingerprint density at radius 2 is 2.08 bits per heavy atom. The standard InChI is InChI=1S/C14H10F3N5O3/c1-21-11-9(22(25)12(21)13(23)24)10(18-6-19-11)20-8-4-2-3-7(5-8)14(15,16)17/h2-6H,1H3,(H,23,24)(H,18,19,20). The van der Waals surface area contributed by atoms with Gasteiger partial charge in [-0.3, -0.25) is 0 Å². The largest absolute Gasteiger partial charge is 0.710 e. The van der Waals surface area contributed by atoms with Crippen LogP contribution in [0.2, 0.25) is 0 Å². The van der Waals surface area contributed by atoms with Gasteiger partial charge in [-0.2, -0.15) is 18.2 Å². The van der Waals surface area contributed by atoms with Crippen molar-refractivity contribution in [2.24, 2.45) is 7.05 Å². The number of benzene rings is 1. The van der Waals surface area contributed by atoms with Gasteiger partial charge in [-0.1, -0.05) is 6.07 Å². The fourth-order valence-electron chi connectivity index (χ4n) is 2.38. The predicted molar refractivity (Wildman–Crippen MR) is 79.2 cm³/mol. The molecule has 25 heavy (non-hydrogen) atoms. The molecule has 0 aliphatic carbocycles. The van der Waals surface area contributed by atoms with Crippen LogP contribution >= 0.6 is 0 Å². The molecule has 1 aromatic carbocycles. The molecule has 0 atom stereocenters. The molecule has 0 saturated heterocycles. The number of aryl methyl sites for hydroxylation is 1. The van der Waals surface area contributed by atoms with E-state index in [1.807, 2.05) is 0 Å². The molecule has 0 fully saturated rings. The van der Waals surface area contributed by atoms with Gasteiger partial charge in [0.15, 0.2) is 5.82 Å². The normalized spacial score (nSPS) is 11.7. The van der Waals surface area contributed by atoms with Crippen molar-refractivity contribution in [1.29, 1.82) is 0 Å². The first-order chi connectivity index (χ1) is 11.7. The number of aromatic carboxylic acids is 1. The summed E-state index contributed by atoms with van der Waals surface area (Å²) in [5.41, 5.74) is -1.01. The first-order valence-electron chi connectivity index (χ1n) is 6.80. The lowest BCUT2D eigenvalue weighted by molar-refractivity contribution is -0.580. The van der Waals surface area contributed by atoms with Crippen molar-refractivity contribution in [3.05, 3.63) is 47.2 Å². The molecule has 0 bridgehead atoms. The highest BCUT2D eigenvalue weighted by Crippen LogP contribution is 2.31. The van der Waals surface area contributed by atoms with Crippen LogP contribution < -0.4 is 10.0 Å². The second kappa shape index (κ2) is 5.61. The topological polar surface area (TPSA) is 107 Å². The van der Waals surface area contributed by atoms with Crippen LogP contribution in [0, 0.1) is 5.21 Å². The zero-order valence-corrected chi connectivity index (χ0v) is 12.6. The van der Waals surface area contributed by atoms with Gasteiger partial charge in [-0.15, -0.1) is 0 Å². The van der Waals surface area contributed by atoms with Crippen LogP contribution in [0.1, 0.15) is 16.2 Å². The number of aromatic nitrogens is 4. The highest BCUT2D eigenvalue weighted by molar-refractivity contribution is 5.89. The van der Waals surface area contributed by atoms with Crippen LogP contribution in [0.25, 0.3) is 11.2 Å². The van der Waals surface area contributed by atoms with Crippen LogP contribution in [-0.2, 0) is 13.2 Å². The van der Waals surface area contributed by atoms with Gasteiger partial charge in [-0.25, -0.2) is 19.1 Å². The first kappa shape index (κ1) is 16.5. The molecule has 8 nitrogen and oxygen atoms in total. The van der Waals surface area contributed by atoms with E-state index in [0.29, 0.717) is 0 Å². The van der Waals surface area contributed by atoms with Crippen LogP contribution in [0.5, 0.6) is 0 Å². The third-order valence-corrected chi connectivity index (χ3v) is 3.48. The van der Waals surface area contributed by atoms with Crippen LogP contribution in [0.15, 0.2) is 30.6 Å². The lowest BCUT2D eigenvalue weighted by atomic mass is 10.2. The Bertz CT molecular complexity index is 984. The highest BCUT2D eigenvalue weighted by atomic mass is 19.4. The van der Waals surface area contributed by atoms with Gasteiger partial charge in [0, 0.05) is 5.69 Å². The summed E-state index contributed by atoms with van der Waals surface area (Å²) < 4.78 is 39.6. The van der Waals surface area contributed by atoms with Gasteiger partial charge in [0.25, 0.3) is 5.65 Å². The van der Waals surface area contributed by atoms with Gasteiger partial charge in [0.05, 0.1) is 12.6 Å². The zero-order valence-electron chi connectivity index (χ0n) is 12.6. The molecule has 3 aromatic rings. The van der Waals surface area contributed by atoms with E-state index in [4.69, 9.17) is 5.11 Å². The Balaban J connectivity index is 2.12. The first-order valence-corrected chi connectivity index (χ1v) is 6.80. The second-order valence-electron chi connectivity index (χ2n) is 5.08. The molecule has 130 valence electrons. The number of nitrogens with zero attached hydrogens (tertiary/aromatic N) is 4. The van der Waals surface area contributed by atoms with Crippen molar-refractivity contribution in [2.75, 3.05) is 5.32 Å². The summed E-state index contributed by atoms with van der Waals surface area (Å²) in [6, 6.07) is 4.31. The monoisotopic (exact) mass is 353 g/mol. The van der Waals surface area contributed by atoms with Crippen molar-refractivity contribution >= 4 is 28.6 Å². The Kier molecular flexibility index (Phi) is 3.70. The number of carboxylic acids is 1. The van der Waals surface area contributed by atoms with Gasteiger partial charge in [0.1, 0.15) is 6.33 Å². The molecule has 3 rings (SSSR count). The Morgan fingerprint density at radius 3 is 2.72 bits per heavy atom. The number of hydrogen-bond acceptors (Lipinski definition) is 5. The van der Waals surface area contributed by atoms with Gasteiger partial charge in [-0.05, 0) is 18.2 Å². The minimum Gasteiger partial charge on any atom is -0.710 e. The van der Waals surface area contributed by atoms with E-state index in [1.54, 1.807) is 0 Å². The molecule has 2 heterocycles. The average molecular weight is 353 g/mol. The molecule has 0 amide bonds. The maximum atomic E-state index is 12.8. The molecule has 0 radical (unpaired) electrons. The number of rotatable bonds is 3. The third kappa shape index (κ3) is 2.79. The predicted octanol–water partition coefficient (Wildman–Crippen LogP) is 2.06. The number of carboxylic acid groups (broad SMARTS) is 1. The minimum atomic E-state index is -4.53. The van der Waals surface area contributed by atoms with Crippen LogP contribution in [0.3, 0.4) is 0 Å². The summed E-state index contributed by atoms with van der Waals surface area (Å²) in [7, 11) is 1.33. The van der Waals surface area contributed by atoms with E-state index in [0.717, 1.165) is 23.0 Å². The van der Waals surface area contributed by atoms with Crippen LogP contribution in [0.4, 0.5) is 24.7 Å². The number of anilines is 2. The van der Waals surface area contributed by atoms with Crippen molar-refractivity contribution < 1.29 is 27.8 Å². The zero-order chi connectivity index (χ0) is 18.4. The molecule has 0 aliphatic heterocycles. The molecule has 0 aliphatic rings. The number of imidazole rings is 1. The van der Waals surface area contributed by atoms with E-state index >= 15 is 0 Å². The Labute approximate surface area is 137 Å². The summed E-state index contributed by atoms with van der Waals surface area (Å²) in [6.45, 7) is 0. The molecule has 0 unspecified atom stereocenters. The maximum Gasteiger partial charge on any atom is 0.420 e. The molecule has 2 N–H and O–H groups in total. The molecule has 2 aromatic heterocycles. The molecular weight excluding hydrogens is 343 g/mol. The Morgan fingerprint density at radius 1 is 1.36 bits per heavy atom. The fourth-order valence-corrected chi connectivity index (χ4v) is 2.38. The smallest absolute Gasteiger partial charge is 0.420 e. The number of nitrogens with one attached hydrogen (secondary N) is 1. The minimum absolute atomic E-state index is 0.0249. The number of carbonyl (C=O) groups is 1.